The minimum Gasteiger partial charge on any atom is -0.341 e. The Morgan fingerprint density at radius 3 is 2.57 bits per heavy atom. The molecular formula is C25H34N4O. The first-order valence-electron chi connectivity index (χ1n) is 11.9. The highest BCUT2D eigenvalue weighted by Crippen LogP contribution is 2.52. The smallest absolute Gasteiger partial charge is 0.222 e. The molecule has 5 rings (SSSR count). The SMILES string of the molecule is O=C(CC1CCCC1)N1CC(c2nncn2Cc2ccccc2)C2(CCCCC2)C1. The maximum absolute atomic E-state index is 13.2. The van der Waals surface area contributed by atoms with Crippen molar-refractivity contribution in [1.29, 1.82) is 0 Å². The van der Waals surface area contributed by atoms with Gasteiger partial charge < -0.3 is 9.47 Å². The lowest BCUT2D eigenvalue weighted by Gasteiger charge is -2.37. The number of hydrogen-bond donors (Lipinski definition) is 0. The second-order valence-corrected chi connectivity index (χ2v) is 9.91. The van der Waals surface area contributed by atoms with Gasteiger partial charge in [-0.2, -0.15) is 0 Å². The van der Waals surface area contributed by atoms with E-state index in [0.29, 0.717) is 17.7 Å². The maximum atomic E-state index is 13.2. The Morgan fingerprint density at radius 2 is 1.80 bits per heavy atom. The summed E-state index contributed by atoms with van der Waals surface area (Å²) >= 11 is 0. The molecule has 1 aromatic heterocycles. The molecule has 1 saturated heterocycles. The second-order valence-electron chi connectivity index (χ2n) is 9.91. The van der Waals surface area contributed by atoms with Crippen molar-refractivity contribution in [2.24, 2.45) is 11.3 Å². The number of hydrogen-bond acceptors (Lipinski definition) is 3. The van der Waals surface area contributed by atoms with Crippen molar-refractivity contribution in [1.82, 2.24) is 19.7 Å². The Balaban J connectivity index is 1.38. The van der Waals surface area contributed by atoms with Gasteiger partial charge in [0.25, 0.3) is 0 Å². The van der Waals surface area contributed by atoms with Gasteiger partial charge in [-0.15, -0.1) is 10.2 Å². The fourth-order valence-corrected chi connectivity index (χ4v) is 6.30. The first kappa shape index (κ1) is 19.8. The molecule has 1 unspecified atom stereocenters. The van der Waals surface area contributed by atoms with Crippen LogP contribution in [0.2, 0.25) is 0 Å². The van der Waals surface area contributed by atoms with E-state index in [1.165, 1.54) is 63.4 Å². The summed E-state index contributed by atoms with van der Waals surface area (Å²) in [6.45, 7) is 2.53. The summed E-state index contributed by atoms with van der Waals surface area (Å²) in [6, 6.07) is 10.5. The van der Waals surface area contributed by atoms with Gasteiger partial charge in [0.1, 0.15) is 12.2 Å². The number of nitrogens with zero attached hydrogens (tertiary/aromatic N) is 4. The highest BCUT2D eigenvalue weighted by molar-refractivity contribution is 5.77. The molecular weight excluding hydrogens is 372 g/mol. The highest BCUT2D eigenvalue weighted by Gasteiger charge is 2.50. The lowest BCUT2D eigenvalue weighted by atomic mass is 9.67. The summed E-state index contributed by atoms with van der Waals surface area (Å²) < 4.78 is 2.22. The Morgan fingerprint density at radius 1 is 1.03 bits per heavy atom. The molecule has 1 aromatic carbocycles. The third-order valence-corrected chi connectivity index (χ3v) is 7.94. The van der Waals surface area contributed by atoms with Crippen molar-refractivity contribution in [3.63, 3.8) is 0 Å². The van der Waals surface area contributed by atoms with Crippen LogP contribution in [-0.4, -0.2) is 38.7 Å². The van der Waals surface area contributed by atoms with E-state index in [2.05, 4.69) is 50.0 Å². The number of carbonyl (C=O) groups is 1. The van der Waals surface area contributed by atoms with Gasteiger partial charge in [-0.1, -0.05) is 62.4 Å². The van der Waals surface area contributed by atoms with Gasteiger partial charge in [0.15, 0.2) is 0 Å². The Kier molecular flexibility index (Phi) is 5.62. The van der Waals surface area contributed by atoms with Crippen LogP contribution in [0.3, 0.4) is 0 Å². The Labute approximate surface area is 179 Å². The lowest BCUT2D eigenvalue weighted by Crippen LogP contribution is -2.35. The summed E-state index contributed by atoms with van der Waals surface area (Å²) in [4.78, 5) is 15.4. The van der Waals surface area contributed by atoms with Crippen LogP contribution in [0.1, 0.15) is 81.5 Å². The van der Waals surface area contributed by atoms with E-state index in [-0.39, 0.29) is 5.41 Å². The monoisotopic (exact) mass is 406 g/mol. The summed E-state index contributed by atoms with van der Waals surface area (Å²) in [6.07, 6.45) is 14.0. The van der Waals surface area contributed by atoms with Gasteiger partial charge in [0.05, 0.1) is 6.54 Å². The van der Waals surface area contributed by atoms with E-state index in [1.807, 2.05) is 6.33 Å². The molecule has 1 spiro atoms. The van der Waals surface area contributed by atoms with Crippen molar-refractivity contribution in [2.75, 3.05) is 13.1 Å². The van der Waals surface area contributed by atoms with Gasteiger partial charge in [-0.3, -0.25) is 4.79 Å². The number of carbonyl (C=O) groups excluding carboxylic acids is 1. The molecule has 160 valence electrons. The molecule has 2 heterocycles. The average Bonchev–Trinajstić information content (AvgIpc) is 3.51. The van der Waals surface area contributed by atoms with Gasteiger partial charge in [-0.05, 0) is 42.6 Å². The fraction of sp³-hybridized carbons (Fsp3) is 0.640. The first-order valence-corrected chi connectivity index (χ1v) is 11.9. The highest BCUT2D eigenvalue weighted by atomic mass is 16.2. The molecule has 5 nitrogen and oxygen atoms in total. The van der Waals surface area contributed by atoms with E-state index in [9.17, 15) is 4.79 Å². The zero-order valence-corrected chi connectivity index (χ0v) is 18.0. The Hall–Kier alpha value is -2.17. The maximum Gasteiger partial charge on any atom is 0.222 e. The molecule has 0 bridgehead atoms. The standard InChI is InChI=1S/C25H34N4O/c30-23(15-20-9-5-6-10-20)28-17-22(25(18-28)13-7-2-8-14-25)24-27-26-19-29(24)16-21-11-3-1-4-12-21/h1,3-4,11-12,19-20,22H,2,5-10,13-18H2. The zero-order chi connectivity index (χ0) is 20.4. The molecule has 2 aliphatic carbocycles. The van der Waals surface area contributed by atoms with Crippen LogP contribution in [0.5, 0.6) is 0 Å². The molecule has 30 heavy (non-hydrogen) atoms. The molecule has 0 N–H and O–H groups in total. The minimum absolute atomic E-state index is 0.186. The summed E-state index contributed by atoms with van der Waals surface area (Å²) in [5, 5.41) is 8.92. The van der Waals surface area contributed by atoms with E-state index in [1.54, 1.807) is 0 Å². The molecule has 3 fully saturated rings. The number of aromatic nitrogens is 3. The van der Waals surface area contributed by atoms with Gasteiger partial charge in [-0.25, -0.2) is 0 Å². The molecule has 5 heteroatoms. The number of rotatable bonds is 5. The van der Waals surface area contributed by atoms with Crippen molar-refractivity contribution in [3.8, 4) is 0 Å². The van der Waals surface area contributed by atoms with Gasteiger partial charge >= 0.3 is 0 Å². The van der Waals surface area contributed by atoms with Crippen LogP contribution < -0.4 is 0 Å². The number of amides is 1. The van der Waals surface area contributed by atoms with Crippen LogP contribution in [0.4, 0.5) is 0 Å². The van der Waals surface area contributed by atoms with E-state index in [4.69, 9.17) is 0 Å². The predicted octanol–water partition coefficient (Wildman–Crippen LogP) is 4.78. The van der Waals surface area contributed by atoms with Gasteiger partial charge in [0.2, 0.25) is 5.91 Å². The normalized spacial score (nSPS) is 24.0. The second kappa shape index (κ2) is 8.52. The quantitative estimate of drug-likeness (QED) is 0.718. The molecule has 3 aliphatic rings. The lowest BCUT2D eigenvalue weighted by molar-refractivity contribution is -0.131. The van der Waals surface area contributed by atoms with Crippen LogP contribution in [0, 0.1) is 11.3 Å². The molecule has 1 aliphatic heterocycles. The minimum atomic E-state index is 0.186. The number of benzene rings is 1. The predicted molar refractivity (Wildman–Crippen MR) is 117 cm³/mol. The topological polar surface area (TPSA) is 51.0 Å². The largest absolute Gasteiger partial charge is 0.341 e. The molecule has 0 radical (unpaired) electrons. The first-order chi connectivity index (χ1) is 14.7. The Bertz CT molecular complexity index is 849. The van der Waals surface area contributed by atoms with E-state index < -0.39 is 0 Å². The van der Waals surface area contributed by atoms with Crippen LogP contribution >= 0.6 is 0 Å². The van der Waals surface area contributed by atoms with E-state index in [0.717, 1.165) is 31.9 Å². The average molecular weight is 407 g/mol. The van der Waals surface area contributed by atoms with Crippen LogP contribution in [0.15, 0.2) is 36.7 Å². The van der Waals surface area contributed by atoms with Crippen molar-refractivity contribution >= 4 is 5.91 Å². The summed E-state index contributed by atoms with van der Waals surface area (Å²) in [5.74, 6) is 2.37. The van der Waals surface area contributed by atoms with Gasteiger partial charge in [0, 0.05) is 25.4 Å². The van der Waals surface area contributed by atoms with Crippen LogP contribution in [-0.2, 0) is 11.3 Å². The third kappa shape index (κ3) is 3.91. The number of likely N-dealkylation sites (tertiary alicyclic amines) is 1. The summed E-state index contributed by atoms with van der Waals surface area (Å²) in [7, 11) is 0. The van der Waals surface area contributed by atoms with Crippen LogP contribution in [0.25, 0.3) is 0 Å². The summed E-state index contributed by atoms with van der Waals surface area (Å²) in [5.41, 5.74) is 1.45. The third-order valence-electron chi connectivity index (χ3n) is 7.94. The fourth-order valence-electron chi connectivity index (χ4n) is 6.30. The van der Waals surface area contributed by atoms with Crippen molar-refractivity contribution < 1.29 is 4.79 Å². The molecule has 1 atom stereocenters. The van der Waals surface area contributed by atoms with E-state index >= 15 is 0 Å². The molecule has 1 amide bonds. The van der Waals surface area contributed by atoms with Crippen molar-refractivity contribution in [3.05, 3.63) is 48.0 Å². The van der Waals surface area contributed by atoms with Crippen molar-refractivity contribution in [2.45, 2.75) is 76.7 Å². The molecule has 2 saturated carbocycles. The zero-order valence-electron chi connectivity index (χ0n) is 18.0. The molecule has 2 aromatic rings.